The standard InChI is InChI=1S/C13H18N2O3S/c1-17-10-6-8(14)9(7-11(10)18-2)15-13(16)12-4-3-5-19-12/h6-7,12H,3-5,14H2,1-2H3,(H,15,16). The first-order chi connectivity index (χ1) is 9.15. The van der Waals surface area contributed by atoms with E-state index < -0.39 is 0 Å². The summed E-state index contributed by atoms with van der Waals surface area (Å²) in [5, 5.41) is 2.88. The molecule has 2 rings (SSSR count). The summed E-state index contributed by atoms with van der Waals surface area (Å²) >= 11 is 1.68. The van der Waals surface area contributed by atoms with Crippen LogP contribution >= 0.6 is 11.8 Å². The maximum atomic E-state index is 12.1. The third-order valence-corrected chi connectivity index (χ3v) is 4.41. The lowest BCUT2D eigenvalue weighted by molar-refractivity contribution is -0.115. The van der Waals surface area contributed by atoms with Crippen molar-refractivity contribution in [2.24, 2.45) is 0 Å². The van der Waals surface area contributed by atoms with Gasteiger partial charge in [0.25, 0.3) is 0 Å². The number of carbonyl (C=O) groups excluding carboxylic acids is 1. The Balaban J connectivity index is 2.17. The normalized spacial score (nSPS) is 18.1. The van der Waals surface area contributed by atoms with Crippen molar-refractivity contribution in [2.45, 2.75) is 18.1 Å². The Morgan fingerprint density at radius 2 is 2.05 bits per heavy atom. The van der Waals surface area contributed by atoms with Gasteiger partial charge in [-0.25, -0.2) is 0 Å². The third-order valence-electron chi connectivity index (χ3n) is 3.04. The van der Waals surface area contributed by atoms with Crippen molar-refractivity contribution in [2.75, 3.05) is 31.0 Å². The van der Waals surface area contributed by atoms with Crippen LogP contribution in [0.5, 0.6) is 11.5 Å². The number of thioether (sulfide) groups is 1. The molecule has 1 amide bonds. The molecule has 0 spiro atoms. The molecule has 1 aromatic carbocycles. The van der Waals surface area contributed by atoms with E-state index in [4.69, 9.17) is 15.2 Å². The monoisotopic (exact) mass is 282 g/mol. The SMILES string of the molecule is COc1cc(N)c(NC(=O)C2CCCS2)cc1OC. The number of hydrogen-bond acceptors (Lipinski definition) is 5. The number of nitrogen functional groups attached to an aromatic ring is 1. The molecule has 0 aliphatic carbocycles. The minimum atomic E-state index is 0.00131. The molecule has 0 aromatic heterocycles. The van der Waals surface area contributed by atoms with Crippen LogP contribution in [0.4, 0.5) is 11.4 Å². The van der Waals surface area contributed by atoms with E-state index in [0.717, 1.165) is 18.6 Å². The van der Waals surface area contributed by atoms with E-state index in [1.54, 1.807) is 38.1 Å². The number of rotatable bonds is 4. The van der Waals surface area contributed by atoms with Gasteiger partial charge in [-0.2, -0.15) is 0 Å². The molecule has 1 saturated heterocycles. The van der Waals surface area contributed by atoms with Crippen LogP contribution in [0.1, 0.15) is 12.8 Å². The first-order valence-corrected chi connectivity index (χ1v) is 7.14. The van der Waals surface area contributed by atoms with Gasteiger partial charge in [0, 0.05) is 12.1 Å². The molecule has 19 heavy (non-hydrogen) atoms. The summed E-state index contributed by atoms with van der Waals surface area (Å²) in [6.07, 6.45) is 2.01. The summed E-state index contributed by atoms with van der Waals surface area (Å²) in [5.41, 5.74) is 6.94. The van der Waals surface area contributed by atoms with Crippen molar-refractivity contribution in [3.8, 4) is 11.5 Å². The average molecular weight is 282 g/mol. The smallest absolute Gasteiger partial charge is 0.237 e. The zero-order valence-electron chi connectivity index (χ0n) is 11.1. The number of methoxy groups -OCH3 is 2. The van der Waals surface area contributed by atoms with Crippen LogP contribution in [0, 0.1) is 0 Å². The van der Waals surface area contributed by atoms with Crippen molar-refractivity contribution in [3.63, 3.8) is 0 Å². The van der Waals surface area contributed by atoms with E-state index >= 15 is 0 Å². The largest absolute Gasteiger partial charge is 0.493 e. The Kier molecular flexibility index (Phi) is 4.42. The van der Waals surface area contributed by atoms with Gasteiger partial charge in [0.15, 0.2) is 11.5 Å². The van der Waals surface area contributed by atoms with Crippen LogP contribution in [0.25, 0.3) is 0 Å². The number of nitrogens with one attached hydrogen (secondary N) is 1. The van der Waals surface area contributed by atoms with E-state index in [0.29, 0.717) is 22.9 Å². The molecule has 3 N–H and O–H groups in total. The Bertz CT molecular complexity index is 473. The molecular weight excluding hydrogens is 264 g/mol. The highest BCUT2D eigenvalue weighted by atomic mass is 32.2. The Morgan fingerprint density at radius 3 is 2.63 bits per heavy atom. The fraction of sp³-hybridized carbons (Fsp3) is 0.462. The maximum absolute atomic E-state index is 12.1. The molecule has 5 nitrogen and oxygen atoms in total. The van der Waals surface area contributed by atoms with E-state index in [1.165, 1.54) is 0 Å². The number of benzene rings is 1. The van der Waals surface area contributed by atoms with E-state index in [1.807, 2.05) is 0 Å². The summed E-state index contributed by atoms with van der Waals surface area (Å²) in [6, 6.07) is 3.34. The fourth-order valence-corrected chi connectivity index (χ4v) is 3.16. The topological polar surface area (TPSA) is 73.6 Å². The number of carbonyl (C=O) groups is 1. The molecule has 1 unspecified atom stereocenters. The highest BCUT2D eigenvalue weighted by Crippen LogP contribution is 2.35. The molecule has 1 aromatic rings. The predicted molar refractivity (Wildman–Crippen MR) is 78.1 cm³/mol. The third kappa shape index (κ3) is 3.07. The van der Waals surface area contributed by atoms with Gasteiger partial charge in [-0.15, -0.1) is 11.8 Å². The lowest BCUT2D eigenvalue weighted by atomic mass is 10.2. The summed E-state index contributed by atoms with van der Waals surface area (Å²) in [7, 11) is 3.09. The van der Waals surface area contributed by atoms with Crippen molar-refractivity contribution >= 4 is 29.0 Å². The predicted octanol–water partition coefficient (Wildman–Crippen LogP) is 2.12. The summed E-state index contributed by atoms with van der Waals surface area (Å²) in [6.45, 7) is 0. The van der Waals surface area contributed by atoms with E-state index in [9.17, 15) is 4.79 Å². The summed E-state index contributed by atoms with van der Waals surface area (Å²) < 4.78 is 10.4. The summed E-state index contributed by atoms with van der Waals surface area (Å²) in [5.74, 6) is 2.14. The van der Waals surface area contributed by atoms with Crippen molar-refractivity contribution in [3.05, 3.63) is 12.1 Å². The zero-order valence-corrected chi connectivity index (χ0v) is 11.9. The van der Waals surface area contributed by atoms with Gasteiger partial charge in [-0.3, -0.25) is 4.79 Å². The van der Waals surface area contributed by atoms with Crippen LogP contribution in [0.15, 0.2) is 12.1 Å². The van der Waals surface area contributed by atoms with E-state index in [2.05, 4.69) is 5.32 Å². The van der Waals surface area contributed by atoms with Crippen LogP contribution < -0.4 is 20.5 Å². The Hall–Kier alpha value is -1.56. The number of amides is 1. The maximum Gasteiger partial charge on any atom is 0.237 e. The van der Waals surface area contributed by atoms with Gasteiger partial charge in [0.05, 0.1) is 30.8 Å². The number of hydrogen-bond donors (Lipinski definition) is 2. The highest BCUT2D eigenvalue weighted by Gasteiger charge is 2.24. The van der Waals surface area contributed by atoms with Crippen molar-refractivity contribution in [1.29, 1.82) is 0 Å². The second-order valence-electron chi connectivity index (χ2n) is 4.29. The first-order valence-electron chi connectivity index (χ1n) is 6.09. The lowest BCUT2D eigenvalue weighted by Crippen LogP contribution is -2.23. The van der Waals surface area contributed by atoms with Crippen LogP contribution in [-0.2, 0) is 4.79 Å². The lowest BCUT2D eigenvalue weighted by Gasteiger charge is -2.15. The summed E-state index contributed by atoms with van der Waals surface area (Å²) in [4.78, 5) is 12.1. The van der Waals surface area contributed by atoms with Crippen molar-refractivity contribution in [1.82, 2.24) is 0 Å². The van der Waals surface area contributed by atoms with Crippen LogP contribution in [-0.4, -0.2) is 31.1 Å². The molecule has 0 saturated carbocycles. The number of ether oxygens (including phenoxy) is 2. The average Bonchev–Trinajstić information content (AvgIpc) is 2.94. The van der Waals surface area contributed by atoms with Gasteiger partial charge in [0.2, 0.25) is 5.91 Å². The van der Waals surface area contributed by atoms with Crippen LogP contribution in [0.2, 0.25) is 0 Å². The number of nitrogens with two attached hydrogens (primary N) is 1. The molecular formula is C13H18N2O3S. The minimum absolute atomic E-state index is 0.00131. The van der Waals surface area contributed by atoms with Gasteiger partial charge in [-0.1, -0.05) is 0 Å². The molecule has 1 fully saturated rings. The molecule has 1 aliphatic rings. The molecule has 1 heterocycles. The highest BCUT2D eigenvalue weighted by molar-refractivity contribution is 8.00. The number of anilines is 2. The quantitative estimate of drug-likeness (QED) is 0.828. The zero-order chi connectivity index (χ0) is 13.8. The van der Waals surface area contributed by atoms with E-state index in [-0.39, 0.29) is 11.2 Å². The second kappa shape index (κ2) is 6.06. The van der Waals surface area contributed by atoms with Gasteiger partial charge in [-0.05, 0) is 18.6 Å². The first kappa shape index (κ1) is 13.9. The fourth-order valence-electron chi connectivity index (χ4n) is 2.00. The van der Waals surface area contributed by atoms with Gasteiger partial charge < -0.3 is 20.5 Å². The van der Waals surface area contributed by atoms with Crippen molar-refractivity contribution < 1.29 is 14.3 Å². The molecule has 1 aliphatic heterocycles. The minimum Gasteiger partial charge on any atom is -0.493 e. The molecule has 104 valence electrons. The molecule has 6 heteroatoms. The van der Waals surface area contributed by atoms with Crippen LogP contribution in [0.3, 0.4) is 0 Å². The molecule has 1 atom stereocenters. The van der Waals surface area contributed by atoms with Gasteiger partial charge >= 0.3 is 0 Å². The Labute approximate surface area is 116 Å². The Morgan fingerprint density at radius 1 is 1.37 bits per heavy atom. The molecule has 0 bridgehead atoms. The second-order valence-corrected chi connectivity index (χ2v) is 5.60. The molecule has 0 radical (unpaired) electrons. The van der Waals surface area contributed by atoms with Gasteiger partial charge in [0.1, 0.15) is 0 Å².